The van der Waals surface area contributed by atoms with Gasteiger partial charge in [-0.2, -0.15) is 0 Å². The molecule has 0 aromatic heterocycles. The monoisotopic (exact) mass is 475 g/mol. The third kappa shape index (κ3) is 2.90. The molecule has 0 saturated carbocycles. The molecule has 5 rings (SSSR count). The number of hydrogen-bond acceptors (Lipinski definition) is 2. The summed E-state index contributed by atoms with van der Waals surface area (Å²) in [4.78, 5) is 0. The van der Waals surface area contributed by atoms with Crippen LogP contribution in [0.1, 0.15) is 58.3 Å². The molecular formula is C28H34ClN3Si. The minimum absolute atomic E-state index is 0.112. The second-order valence-corrected chi connectivity index (χ2v) is 17.5. The average Bonchev–Trinajstić information content (AvgIpc) is 3.36. The van der Waals surface area contributed by atoms with Crippen LogP contribution >= 0.6 is 11.1 Å². The maximum absolute atomic E-state index is 8.33. The van der Waals surface area contributed by atoms with Crippen LogP contribution < -0.4 is 4.57 Å². The van der Waals surface area contributed by atoms with Gasteiger partial charge in [0.05, 0.1) is 0 Å². The van der Waals surface area contributed by atoms with E-state index in [9.17, 15) is 0 Å². The summed E-state index contributed by atoms with van der Waals surface area (Å²) in [5.41, 5.74) is 3.49. The molecule has 2 aliphatic rings. The molecule has 2 aliphatic heterocycles. The van der Waals surface area contributed by atoms with Crippen molar-refractivity contribution in [2.24, 2.45) is 0 Å². The van der Waals surface area contributed by atoms with Crippen molar-refractivity contribution in [3.05, 3.63) is 102 Å². The summed E-state index contributed by atoms with van der Waals surface area (Å²) in [5, 5.41) is 0. The van der Waals surface area contributed by atoms with Gasteiger partial charge in [-0.3, -0.25) is 0 Å². The Morgan fingerprint density at radius 3 is 1.70 bits per heavy atom. The van der Waals surface area contributed by atoms with Crippen molar-refractivity contribution < 1.29 is 4.24 Å². The number of amidine groups is 1. The standard InChI is InChI=1S/C28H34ClN3Si/c1-27(2,3)31-25(22-16-10-7-11-17-22)32(28(4,5)6)33(31,29)26(23-18-12-8-13-19-23)30(33)24-20-14-9-15-21-24/h7-21,26H,1-6H3/t26-,30?/m1/s1. The summed E-state index contributed by atoms with van der Waals surface area (Å²) in [7, 11) is -3.64. The van der Waals surface area contributed by atoms with Crippen molar-refractivity contribution in [2.45, 2.75) is 58.3 Å². The molecule has 1 spiro atoms. The van der Waals surface area contributed by atoms with E-state index in [-0.39, 0.29) is 16.7 Å². The van der Waals surface area contributed by atoms with Crippen LogP contribution in [0.2, 0.25) is 0 Å². The summed E-state index contributed by atoms with van der Waals surface area (Å²) in [6.45, 7) is 13.8. The second kappa shape index (κ2) is 6.97. The Bertz CT molecular complexity index is 1170. The van der Waals surface area contributed by atoms with Gasteiger partial charge in [0.2, 0.25) is 0 Å². The van der Waals surface area contributed by atoms with Gasteiger partial charge in [-0.15, -0.1) is 0 Å². The Labute approximate surface area is 203 Å². The quantitative estimate of drug-likeness (QED) is 0.234. The average molecular weight is 476 g/mol. The molecule has 172 valence electrons. The van der Waals surface area contributed by atoms with Gasteiger partial charge in [0.15, 0.2) is 0 Å². The van der Waals surface area contributed by atoms with Crippen molar-refractivity contribution in [3.8, 4) is 0 Å². The molecule has 1 fully saturated rings. The number of anilines is 1. The molecule has 0 bridgehead atoms. The van der Waals surface area contributed by atoms with Crippen molar-refractivity contribution >= 4 is 29.7 Å². The third-order valence-corrected chi connectivity index (χ3v) is 15.2. The van der Waals surface area contributed by atoms with E-state index in [1.807, 2.05) is 0 Å². The molecule has 3 aromatic rings. The molecular weight excluding hydrogens is 442 g/mol. The molecule has 2 heterocycles. The summed E-state index contributed by atoms with van der Waals surface area (Å²) < 4.78 is 7.74. The topological polar surface area (TPSA) is 9.26 Å². The van der Waals surface area contributed by atoms with Crippen LogP contribution in [0.5, 0.6) is 0 Å². The zero-order valence-corrected chi connectivity index (χ0v) is 22.2. The number of rotatable bonds is 3. The summed E-state index contributed by atoms with van der Waals surface area (Å²) in [6, 6.07) is 32.3. The Balaban J connectivity index is 1.87. The predicted molar refractivity (Wildman–Crippen MR) is 142 cm³/mol. The van der Waals surface area contributed by atoms with E-state index in [0.29, 0.717) is 0 Å². The first-order valence-electron chi connectivity index (χ1n) is 11.8. The molecule has 1 saturated heterocycles. The molecule has 5 heteroatoms. The molecule has 0 N–H and O–H groups in total. The molecule has 0 radical (unpaired) electrons. The van der Waals surface area contributed by atoms with E-state index in [2.05, 4.69) is 146 Å². The van der Waals surface area contributed by atoms with Crippen molar-refractivity contribution in [3.63, 3.8) is 0 Å². The number of benzene rings is 3. The van der Waals surface area contributed by atoms with E-state index in [1.54, 1.807) is 0 Å². The number of halogens is 1. The van der Waals surface area contributed by atoms with E-state index in [4.69, 9.17) is 11.1 Å². The predicted octanol–water partition coefficient (Wildman–Crippen LogP) is 6.79. The van der Waals surface area contributed by atoms with Crippen LogP contribution in [0, 0.1) is 0 Å². The van der Waals surface area contributed by atoms with Crippen LogP contribution in [0.15, 0.2) is 91.0 Å². The zero-order chi connectivity index (χ0) is 23.7. The van der Waals surface area contributed by atoms with Gasteiger partial charge < -0.3 is 0 Å². The summed E-state index contributed by atoms with van der Waals surface area (Å²) in [5.74, 6) is 1.23. The van der Waals surface area contributed by atoms with Gasteiger partial charge in [0.25, 0.3) is 0 Å². The first-order chi connectivity index (χ1) is 15.5. The molecule has 0 amide bonds. The fourth-order valence-electron chi connectivity index (χ4n) is 6.12. The fraction of sp³-hybridized carbons (Fsp3) is 0.321. The Kier molecular flexibility index (Phi) is 4.70. The molecule has 0 aliphatic carbocycles. The maximum atomic E-state index is 8.33. The van der Waals surface area contributed by atoms with Crippen LogP contribution in [-0.4, -0.2) is 32.9 Å². The first kappa shape index (κ1) is 22.2. The molecule has 33 heavy (non-hydrogen) atoms. The van der Waals surface area contributed by atoms with Crippen LogP contribution in [-0.2, 0) is 0 Å². The minimum atomic E-state index is -3.64. The van der Waals surface area contributed by atoms with Crippen LogP contribution in [0.3, 0.4) is 0 Å². The van der Waals surface area contributed by atoms with E-state index in [0.717, 1.165) is 0 Å². The fourth-order valence-corrected chi connectivity index (χ4v) is 17.1. The Hall–Kier alpha value is -2.56. The van der Waals surface area contributed by atoms with Gasteiger partial charge in [-0.25, -0.2) is 0 Å². The zero-order valence-electron chi connectivity index (χ0n) is 20.5. The number of nitrogens with zero attached hydrogens (tertiary/aromatic N) is 3. The first-order valence-corrected chi connectivity index (χ1v) is 15.2. The van der Waals surface area contributed by atoms with Gasteiger partial charge in [-0.05, 0) is 0 Å². The van der Waals surface area contributed by atoms with E-state index in [1.165, 1.54) is 22.6 Å². The van der Waals surface area contributed by atoms with Crippen molar-refractivity contribution in [2.75, 3.05) is 4.57 Å². The molecule has 3 nitrogen and oxygen atoms in total. The Morgan fingerprint density at radius 2 is 1.21 bits per heavy atom. The van der Waals surface area contributed by atoms with Crippen LogP contribution in [0.4, 0.5) is 5.69 Å². The van der Waals surface area contributed by atoms with E-state index < -0.39 is 7.15 Å². The normalized spacial score (nSPS) is 22.5. The molecule has 3 aromatic carbocycles. The second-order valence-electron chi connectivity index (χ2n) is 11.3. The summed E-state index contributed by atoms with van der Waals surface area (Å²) >= 11 is 8.33. The van der Waals surface area contributed by atoms with Gasteiger partial charge in [0, 0.05) is 0 Å². The Morgan fingerprint density at radius 1 is 0.727 bits per heavy atom. The molecule has 1 atom stereocenters. The summed E-state index contributed by atoms with van der Waals surface area (Å²) in [6.07, 6.45) is 0. The number of para-hydroxylation sites is 1. The number of hydrogen-bond donors (Lipinski definition) is 0. The van der Waals surface area contributed by atoms with Gasteiger partial charge in [-0.1, -0.05) is 0 Å². The van der Waals surface area contributed by atoms with Crippen LogP contribution in [0.25, 0.3) is 0 Å². The SMILES string of the molecule is CC(C)(C)N1C(c2ccccc2)=[N+](C(C)(C)C)[Si-]12(Cl)[C@H](c1ccccc1)N2c1ccccc1. The third-order valence-electron chi connectivity index (χ3n) is 6.88. The van der Waals surface area contributed by atoms with Crippen molar-refractivity contribution in [1.29, 1.82) is 0 Å². The van der Waals surface area contributed by atoms with Gasteiger partial charge in [0.1, 0.15) is 0 Å². The van der Waals surface area contributed by atoms with Gasteiger partial charge >= 0.3 is 204 Å². The van der Waals surface area contributed by atoms with E-state index >= 15 is 0 Å². The van der Waals surface area contributed by atoms with Crippen molar-refractivity contribution in [1.82, 2.24) is 4.57 Å². The molecule has 0 unspecified atom stereocenters.